The number of likely N-dealkylation sites (tertiary alicyclic amines) is 1. The molecule has 2 fully saturated rings. The SMILES string of the molecule is CCCCOC1CCN(C(=O)CC(C)(C)CNCC#CC2CC2)C1. The van der Waals surface area contributed by atoms with E-state index in [1.54, 1.807) is 0 Å². The maximum atomic E-state index is 12.5. The monoisotopic (exact) mass is 334 g/mol. The van der Waals surface area contributed by atoms with Gasteiger partial charge in [-0.1, -0.05) is 39.0 Å². The number of nitrogens with zero attached hydrogens (tertiary/aromatic N) is 1. The van der Waals surface area contributed by atoms with Crippen LogP contribution in [0.1, 0.15) is 59.3 Å². The first-order valence-electron chi connectivity index (χ1n) is 9.58. The van der Waals surface area contributed by atoms with E-state index in [1.165, 1.54) is 12.8 Å². The van der Waals surface area contributed by atoms with Crippen molar-refractivity contribution in [2.75, 3.05) is 32.8 Å². The summed E-state index contributed by atoms with van der Waals surface area (Å²) < 4.78 is 5.85. The molecule has 4 nitrogen and oxygen atoms in total. The van der Waals surface area contributed by atoms with Crippen molar-refractivity contribution < 1.29 is 9.53 Å². The van der Waals surface area contributed by atoms with Gasteiger partial charge in [-0.3, -0.25) is 4.79 Å². The number of ether oxygens (including phenoxy) is 1. The van der Waals surface area contributed by atoms with Crippen LogP contribution in [0, 0.1) is 23.2 Å². The second-order valence-electron chi connectivity index (χ2n) is 8.01. The zero-order valence-corrected chi connectivity index (χ0v) is 15.7. The highest BCUT2D eigenvalue weighted by Gasteiger charge is 2.30. The average Bonchev–Trinajstić information content (AvgIpc) is 3.22. The fourth-order valence-corrected chi connectivity index (χ4v) is 2.96. The van der Waals surface area contributed by atoms with E-state index in [0.717, 1.165) is 52.0 Å². The third-order valence-corrected chi connectivity index (χ3v) is 4.68. The van der Waals surface area contributed by atoms with Gasteiger partial charge in [0.05, 0.1) is 12.6 Å². The molecule has 24 heavy (non-hydrogen) atoms. The number of carbonyl (C=O) groups excluding carboxylic acids is 1. The Balaban J connectivity index is 1.63. The molecule has 1 saturated heterocycles. The fraction of sp³-hybridized carbons (Fsp3) is 0.850. The summed E-state index contributed by atoms with van der Waals surface area (Å²) in [6.07, 6.45) is 6.59. The highest BCUT2D eigenvalue weighted by atomic mass is 16.5. The van der Waals surface area contributed by atoms with Crippen LogP contribution in [-0.4, -0.2) is 49.7 Å². The minimum atomic E-state index is -0.0422. The van der Waals surface area contributed by atoms with Crippen molar-refractivity contribution in [1.29, 1.82) is 0 Å². The lowest BCUT2D eigenvalue weighted by Crippen LogP contribution is -2.37. The van der Waals surface area contributed by atoms with E-state index in [0.29, 0.717) is 12.3 Å². The van der Waals surface area contributed by atoms with E-state index in [-0.39, 0.29) is 17.4 Å². The van der Waals surface area contributed by atoms with E-state index in [2.05, 4.69) is 37.9 Å². The Kier molecular flexibility index (Phi) is 7.58. The van der Waals surface area contributed by atoms with E-state index in [4.69, 9.17) is 4.74 Å². The van der Waals surface area contributed by atoms with Gasteiger partial charge in [0.2, 0.25) is 5.91 Å². The van der Waals surface area contributed by atoms with Gasteiger partial charge in [0, 0.05) is 38.6 Å². The Morgan fingerprint density at radius 3 is 2.83 bits per heavy atom. The summed E-state index contributed by atoms with van der Waals surface area (Å²) in [7, 11) is 0. The predicted octanol–water partition coefficient (Wildman–Crippen LogP) is 2.82. The molecule has 1 aliphatic heterocycles. The van der Waals surface area contributed by atoms with Crippen LogP contribution in [0.15, 0.2) is 0 Å². The molecule has 0 radical (unpaired) electrons. The van der Waals surface area contributed by atoms with Crippen LogP contribution in [0.4, 0.5) is 0 Å². The summed E-state index contributed by atoms with van der Waals surface area (Å²) >= 11 is 0. The Morgan fingerprint density at radius 1 is 1.33 bits per heavy atom. The zero-order valence-electron chi connectivity index (χ0n) is 15.7. The number of unbranched alkanes of at least 4 members (excludes halogenated alkanes) is 1. The Morgan fingerprint density at radius 2 is 2.12 bits per heavy atom. The van der Waals surface area contributed by atoms with Crippen LogP contribution in [0.25, 0.3) is 0 Å². The minimum Gasteiger partial charge on any atom is -0.376 e. The number of nitrogens with one attached hydrogen (secondary N) is 1. The molecule has 136 valence electrons. The Hall–Kier alpha value is -1.05. The number of carbonyl (C=O) groups is 1. The van der Waals surface area contributed by atoms with Gasteiger partial charge in [-0.25, -0.2) is 0 Å². The van der Waals surface area contributed by atoms with Crippen molar-refractivity contribution in [1.82, 2.24) is 10.2 Å². The van der Waals surface area contributed by atoms with Crippen molar-refractivity contribution in [2.24, 2.45) is 11.3 Å². The lowest BCUT2D eigenvalue weighted by atomic mass is 9.88. The molecule has 1 saturated carbocycles. The van der Waals surface area contributed by atoms with Crippen LogP contribution >= 0.6 is 0 Å². The van der Waals surface area contributed by atoms with Gasteiger partial charge in [0.1, 0.15) is 0 Å². The summed E-state index contributed by atoms with van der Waals surface area (Å²) in [6, 6.07) is 0. The first-order valence-corrected chi connectivity index (χ1v) is 9.58. The molecule has 0 bridgehead atoms. The lowest BCUT2D eigenvalue weighted by molar-refractivity contribution is -0.132. The van der Waals surface area contributed by atoms with Gasteiger partial charge in [-0.2, -0.15) is 0 Å². The molecule has 0 aromatic heterocycles. The average molecular weight is 335 g/mol. The van der Waals surface area contributed by atoms with Crippen molar-refractivity contribution >= 4 is 5.91 Å². The van der Waals surface area contributed by atoms with Crippen molar-refractivity contribution in [3.63, 3.8) is 0 Å². The number of rotatable bonds is 9. The highest BCUT2D eigenvalue weighted by molar-refractivity contribution is 5.77. The lowest BCUT2D eigenvalue weighted by Gasteiger charge is -2.27. The third kappa shape index (κ3) is 7.23. The van der Waals surface area contributed by atoms with Gasteiger partial charge < -0.3 is 15.0 Å². The summed E-state index contributed by atoms with van der Waals surface area (Å²) in [4.78, 5) is 14.5. The second-order valence-corrected chi connectivity index (χ2v) is 8.01. The first-order chi connectivity index (χ1) is 11.5. The first kappa shape index (κ1) is 19.3. The Bertz CT molecular complexity index is 460. The van der Waals surface area contributed by atoms with E-state index >= 15 is 0 Å². The molecule has 1 atom stereocenters. The van der Waals surface area contributed by atoms with Crippen LogP contribution in [0.2, 0.25) is 0 Å². The zero-order chi connectivity index (χ0) is 17.4. The Labute approximate surface area is 147 Å². The summed E-state index contributed by atoms with van der Waals surface area (Å²) in [6.45, 7) is 10.4. The molecule has 0 aromatic carbocycles. The summed E-state index contributed by atoms with van der Waals surface area (Å²) in [5.74, 6) is 7.35. The molecule has 1 aliphatic carbocycles. The van der Waals surface area contributed by atoms with Gasteiger partial charge in [0.25, 0.3) is 0 Å². The largest absolute Gasteiger partial charge is 0.376 e. The van der Waals surface area contributed by atoms with E-state index in [1.807, 2.05) is 4.90 Å². The quantitative estimate of drug-likeness (QED) is 0.521. The summed E-state index contributed by atoms with van der Waals surface area (Å²) in [5, 5.41) is 3.38. The van der Waals surface area contributed by atoms with Gasteiger partial charge in [-0.15, -0.1) is 0 Å². The van der Waals surface area contributed by atoms with E-state index < -0.39 is 0 Å². The summed E-state index contributed by atoms with van der Waals surface area (Å²) in [5.41, 5.74) is -0.0422. The predicted molar refractivity (Wildman–Crippen MR) is 97.6 cm³/mol. The molecule has 1 unspecified atom stereocenters. The molecule has 0 aromatic rings. The molecule has 0 spiro atoms. The molecule has 2 aliphatic rings. The van der Waals surface area contributed by atoms with E-state index in [9.17, 15) is 4.79 Å². The fourth-order valence-electron chi connectivity index (χ4n) is 2.96. The number of hydrogen-bond donors (Lipinski definition) is 1. The van der Waals surface area contributed by atoms with Crippen molar-refractivity contribution in [3.05, 3.63) is 0 Å². The maximum absolute atomic E-state index is 12.5. The van der Waals surface area contributed by atoms with Crippen molar-refractivity contribution in [2.45, 2.75) is 65.4 Å². The smallest absolute Gasteiger partial charge is 0.223 e. The molecule has 2 rings (SSSR count). The van der Waals surface area contributed by atoms with Crippen LogP contribution in [0.5, 0.6) is 0 Å². The molecular weight excluding hydrogens is 300 g/mol. The van der Waals surface area contributed by atoms with Crippen LogP contribution < -0.4 is 5.32 Å². The number of amides is 1. The normalized spacial score (nSPS) is 20.8. The molecule has 4 heteroatoms. The van der Waals surface area contributed by atoms with Gasteiger partial charge in [-0.05, 0) is 31.1 Å². The molecular formula is C20H34N2O2. The number of hydrogen-bond acceptors (Lipinski definition) is 3. The minimum absolute atomic E-state index is 0.0422. The highest BCUT2D eigenvalue weighted by Crippen LogP contribution is 2.27. The maximum Gasteiger partial charge on any atom is 0.223 e. The molecule has 1 N–H and O–H groups in total. The molecule has 1 heterocycles. The second kappa shape index (κ2) is 9.44. The standard InChI is InChI=1S/C20H34N2O2/c1-4-5-13-24-18-10-12-22(15-18)19(23)14-20(2,3)16-21-11-6-7-17-8-9-17/h17-18,21H,4-5,8-16H2,1-3H3. The van der Waals surface area contributed by atoms with Crippen LogP contribution in [0.3, 0.4) is 0 Å². The molecule has 1 amide bonds. The van der Waals surface area contributed by atoms with Gasteiger partial charge >= 0.3 is 0 Å². The van der Waals surface area contributed by atoms with Crippen LogP contribution in [-0.2, 0) is 9.53 Å². The van der Waals surface area contributed by atoms with Gasteiger partial charge in [0.15, 0.2) is 0 Å². The topological polar surface area (TPSA) is 41.6 Å². The third-order valence-electron chi connectivity index (χ3n) is 4.68. The van der Waals surface area contributed by atoms with Crippen molar-refractivity contribution in [3.8, 4) is 11.8 Å².